The highest BCUT2D eigenvalue weighted by Gasteiger charge is 2.32. The van der Waals surface area contributed by atoms with Crippen LogP contribution < -0.4 is 19.9 Å². The van der Waals surface area contributed by atoms with Crippen molar-refractivity contribution in [3.63, 3.8) is 0 Å². The molecule has 0 saturated carbocycles. The molecule has 1 fully saturated rings. The second-order valence-corrected chi connectivity index (χ2v) is 11.1. The maximum Gasteiger partial charge on any atom is 0.259 e. The fourth-order valence-corrected chi connectivity index (χ4v) is 5.98. The lowest BCUT2D eigenvalue weighted by Gasteiger charge is -2.38. The molecule has 1 amide bonds. The maximum absolute atomic E-state index is 13.6. The zero-order chi connectivity index (χ0) is 25.4. The normalized spacial score (nSPS) is 15.6. The summed E-state index contributed by atoms with van der Waals surface area (Å²) in [4.78, 5) is 17.6. The number of carbonyl (C=O) groups excluding carboxylic acids is 1. The van der Waals surface area contributed by atoms with Gasteiger partial charge in [-0.3, -0.25) is 4.79 Å². The first-order chi connectivity index (χ1) is 17.3. The summed E-state index contributed by atoms with van der Waals surface area (Å²) in [5, 5.41) is 2.87. The average Bonchev–Trinajstić information content (AvgIpc) is 3.03. The van der Waals surface area contributed by atoms with E-state index in [-0.39, 0.29) is 10.5 Å². The number of aryl methyl sites for hydroxylation is 1. The van der Waals surface area contributed by atoms with Crippen molar-refractivity contribution in [3.05, 3.63) is 71.8 Å². The molecule has 1 saturated heterocycles. The van der Waals surface area contributed by atoms with Crippen LogP contribution in [-0.2, 0) is 10.0 Å². The van der Waals surface area contributed by atoms with Gasteiger partial charge in [-0.15, -0.1) is 0 Å². The van der Waals surface area contributed by atoms with Crippen molar-refractivity contribution in [1.82, 2.24) is 4.31 Å². The van der Waals surface area contributed by atoms with Crippen molar-refractivity contribution in [3.8, 4) is 11.5 Å². The number of rotatable bonds is 5. The van der Waals surface area contributed by atoms with Crippen molar-refractivity contribution >= 4 is 33.0 Å². The first kappa shape index (κ1) is 24.1. The third-order valence-electron chi connectivity index (χ3n) is 6.78. The van der Waals surface area contributed by atoms with E-state index < -0.39 is 15.9 Å². The molecule has 2 aliphatic rings. The average molecular weight is 507 g/mol. The molecule has 3 aromatic carbocycles. The summed E-state index contributed by atoms with van der Waals surface area (Å²) in [6, 6.07) is 18.9. The number of amides is 1. The van der Waals surface area contributed by atoms with E-state index >= 15 is 0 Å². The van der Waals surface area contributed by atoms with Crippen molar-refractivity contribution in [2.75, 3.05) is 54.9 Å². The second kappa shape index (κ2) is 9.48. The van der Waals surface area contributed by atoms with E-state index in [9.17, 15) is 13.2 Å². The van der Waals surface area contributed by atoms with Crippen molar-refractivity contribution in [2.24, 2.45) is 0 Å². The Morgan fingerprint density at radius 2 is 1.64 bits per heavy atom. The molecule has 0 aliphatic carbocycles. The van der Waals surface area contributed by atoms with Crippen LogP contribution in [0.1, 0.15) is 22.8 Å². The second-order valence-electron chi connectivity index (χ2n) is 9.10. The van der Waals surface area contributed by atoms with Crippen LogP contribution in [0.2, 0.25) is 0 Å². The first-order valence-corrected chi connectivity index (χ1v) is 13.5. The monoisotopic (exact) mass is 506 g/mol. The number of sulfonamides is 1. The number of anilines is 3. The van der Waals surface area contributed by atoms with Crippen molar-refractivity contribution < 1.29 is 17.9 Å². The van der Waals surface area contributed by atoms with E-state index in [0.29, 0.717) is 42.5 Å². The Labute approximate surface area is 212 Å². The summed E-state index contributed by atoms with van der Waals surface area (Å²) < 4.78 is 34.6. The molecule has 9 heteroatoms. The Morgan fingerprint density at radius 1 is 0.944 bits per heavy atom. The van der Waals surface area contributed by atoms with Gasteiger partial charge in [-0.1, -0.05) is 31.2 Å². The molecule has 0 radical (unpaired) electrons. The number of hydrogen-bond donors (Lipinski definition) is 1. The van der Waals surface area contributed by atoms with Crippen LogP contribution in [0.4, 0.5) is 17.1 Å². The lowest BCUT2D eigenvalue weighted by Crippen LogP contribution is -2.47. The number of hydrogen-bond acceptors (Lipinski definition) is 6. The van der Waals surface area contributed by atoms with Gasteiger partial charge < -0.3 is 19.9 Å². The molecule has 188 valence electrons. The number of para-hydroxylation sites is 1. The highest BCUT2D eigenvalue weighted by molar-refractivity contribution is 7.89. The third-order valence-corrected chi connectivity index (χ3v) is 8.75. The lowest BCUT2D eigenvalue weighted by molar-refractivity contribution is 0.102. The number of benzene rings is 3. The standard InChI is InChI=1S/C27H30N4O4S/c1-4-29(3)36(33,34)26-17-21-25(35-24-11-10-19(2)16-22(24)28-27(21)32)18-23(26)31-14-12-30(13-15-31)20-8-6-5-7-9-20/h5-11,16-18H,4,12-15H2,1-3H3,(H,28,32). The van der Waals surface area contributed by atoms with Crippen LogP contribution >= 0.6 is 0 Å². The fourth-order valence-electron chi connectivity index (χ4n) is 4.59. The zero-order valence-corrected chi connectivity index (χ0v) is 21.5. The van der Waals surface area contributed by atoms with E-state index in [1.54, 1.807) is 20.0 Å². The Balaban J connectivity index is 1.56. The summed E-state index contributed by atoms with van der Waals surface area (Å²) >= 11 is 0. The molecule has 3 aromatic rings. The molecule has 0 unspecified atom stereocenters. The molecule has 36 heavy (non-hydrogen) atoms. The number of nitrogens with zero attached hydrogens (tertiary/aromatic N) is 3. The van der Waals surface area contributed by atoms with Gasteiger partial charge >= 0.3 is 0 Å². The van der Waals surface area contributed by atoms with Gasteiger partial charge in [-0.05, 0) is 42.8 Å². The molecule has 0 bridgehead atoms. The van der Waals surface area contributed by atoms with Gasteiger partial charge in [-0.25, -0.2) is 12.7 Å². The third kappa shape index (κ3) is 4.40. The molecule has 2 heterocycles. The van der Waals surface area contributed by atoms with Gasteiger partial charge in [0, 0.05) is 51.5 Å². The predicted octanol–water partition coefficient (Wildman–Crippen LogP) is 4.32. The summed E-state index contributed by atoms with van der Waals surface area (Å²) in [6.07, 6.45) is 0. The van der Waals surface area contributed by atoms with Crippen LogP contribution in [0.25, 0.3) is 0 Å². The van der Waals surface area contributed by atoms with E-state index in [4.69, 9.17) is 4.74 Å². The minimum Gasteiger partial charge on any atom is -0.454 e. The minimum absolute atomic E-state index is 0.111. The Morgan fingerprint density at radius 3 is 2.33 bits per heavy atom. The number of carbonyl (C=O) groups is 1. The molecule has 0 spiro atoms. The molecule has 2 aliphatic heterocycles. The van der Waals surface area contributed by atoms with Crippen LogP contribution in [-0.4, -0.2) is 58.4 Å². The molecule has 0 atom stereocenters. The smallest absolute Gasteiger partial charge is 0.259 e. The number of fused-ring (bicyclic) bond motifs is 2. The van der Waals surface area contributed by atoms with Crippen LogP contribution in [0.5, 0.6) is 11.5 Å². The van der Waals surface area contributed by atoms with Gasteiger partial charge in [0.05, 0.1) is 16.9 Å². The van der Waals surface area contributed by atoms with Gasteiger partial charge in [-0.2, -0.15) is 0 Å². The Hall–Kier alpha value is -3.56. The molecular formula is C27H30N4O4S. The molecule has 0 aromatic heterocycles. The molecular weight excluding hydrogens is 476 g/mol. The lowest BCUT2D eigenvalue weighted by atomic mass is 10.1. The number of piperazine rings is 1. The highest BCUT2D eigenvalue weighted by Crippen LogP contribution is 2.41. The predicted molar refractivity (Wildman–Crippen MR) is 142 cm³/mol. The van der Waals surface area contributed by atoms with Crippen LogP contribution in [0, 0.1) is 6.92 Å². The van der Waals surface area contributed by atoms with Gasteiger partial charge in [0.2, 0.25) is 10.0 Å². The summed E-state index contributed by atoms with van der Waals surface area (Å²) in [6.45, 7) is 6.79. The summed E-state index contributed by atoms with van der Waals surface area (Å²) in [5.41, 5.74) is 3.42. The SMILES string of the molecule is CCN(C)S(=O)(=O)c1cc2c(cc1N1CCN(c3ccccc3)CC1)Oc1ccc(C)cc1NC2=O. The number of ether oxygens (including phenoxy) is 1. The molecule has 1 N–H and O–H groups in total. The van der Waals surface area contributed by atoms with Gasteiger partial charge in [0.1, 0.15) is 10.6 Å². The van der Waals surface area contributed by atoms with Gasteiger partial charge in [0.15, 0.2) is 5.75 Å². The highest BCUT2D eigenvalue weighted by atomic mass is 32.2. The summed E-state index contributed by atoms with van der Waals surface area (Å²) in [7, 11) is -2.29. The van der Waals surface area contributed by atoms with Gasteiger partial charge in [0.25, 0.3) is 5.91 Å². The van der Waals surface area contributed by atoms with E-state index in [0.717, 1.165) is 24.3 Å². The van der Waals surface area contributed by atoms with Crippen LogP contribution in [0.15, 0.2) is 65.6 Å². The van der Waals surface area contributed by atoms with Crippen molar-refractivity contribution in [2.45, 2.75) is 18.7 Å². The zero-order valence-electron chi connectivity index (χ0n) is 20.7. The topological polar surface area (TPSA) is 82.2 Å². The van der Waals surface area contributed by atoms with E-state index in [1.165, 1.54) is 10.4 Å². The fraction of sp³-hybridized carbons (Fsp3) is 0.296. The van der Waals surface area contributed by atoms with E-state index in [1.807, 2.05) is 43.3 Å². The Bertz CT molecular complexity index is 1400. The first-order valence-electron chi connectivity index (χ1n) is 12.1. The Kier molecular flexibility index (Phi) is 6.36. The molecule has 8 nitrogen and oxygen atoms in total. The maximum atomic E-state index is 13.6. The largest absolute Gasteiger partial charge is 0.454 e. The number of nitrogens with one attached hydrogen (secondary N) is 1. The summed E-state index contributed by atoms with van der Waals surface area (Å²) in [5.74, 6) is 0.466. The quantitative estimate of drug-likeness (QED) is 0.555. The van der Waals surface area contributed by atoms with E-state index in [2.05, 4.69) is 27.2 Å². The van der Waals surface area contributed by atoms with Crippen LogP contribution in [0.3, 0.4) is 0 Å². The molecule has 5 rings (SSSR count). The minimum atomic E-state index is -3.84. The van der Waals surface area contributed by atoms with Crippen molar-refractivity contribution in [1.29, 1.82) is 0 Å².